The van der Waals surface area contributed by atoms with E-state index in [9.17, 15) is 0 Å². The van der Waals surface area contributed by atoms with Gasteiger partial charge in [0.15, 0.2) is 0 Å². The van der Waals surface area contributed by atoms with E-state index in [-0.39, 0.29) is 4.99 Å². The second kappa shape index (κ2) is 5.69. The zero-order chi connectivity index (χ0) is 11.3. The summed E-state index contributed by atoms with van der Waals surface area (Å²) in [5.41, 5.74) is 6.75. The molecule has 15 heavy (non-hydrogen) atoms. The Morgan fingerprint density at radius 3 is 2.80 bits per heavy atom. The van der Waals surface area contributed by atoms with E-state index in [1.54, 1.807) is 0 Å². The zero-order valence-corrected chi connectivity index (χ0v) is 9.64. The molecular weight excluding hydrogens is 210 g/mol. The van der Waals surface area contributed by atoms with Crippen molar-refractivity contribution in [3.63, 3.8) is 0 Å². The van der Waals surface area contributed by atoms with Gasteiger partial charge in [-0.05, 0) is 13.3 Å². The number of rotatable bonds is 2. The summed E-state index contributed by atoms with van der Waals surface area (Å²) in [6.45, 7) is 5.02. The number of allylic oxidation sites excluding steroid dienone is 1. The van der Waals surface area contributed by atoms with E-state index in [4.69, 9.17) is 28.0 Å². The summed E-state index contributed by atoms with van der Waals surface area (Å²) < 4.78 is 5.34. The Balaban J connectivity index is 2.84. The number of hydrogen-bond donors (Lipinski definition) is 1. The monoisotopic (exact) mass is 225 g/mol. The predicted octanol–water partition coefficient (Wildman–Crippen LogP) is 0.792. The maximum absolute atomic E-state index is 8.93. The van der Waals surface area contributed by atoms with Crippen LogP contribution in [0.2, 0.25) is 0 Å². The summed E-state index contributed by atoms with van der Waals surface area (Å²) >= 11 is 4.84. The maximum Gasteiger partial charge on any atom is 0.116 e. The van der Waals surface area contributed by atoms with Gasteiger partial charge < -0.3 is 15.4 Å². The van der Waals surface area contributed by atoms with Crippen LogP contribution >= 0.6 is 12.2 Å². The third-order valence-electron chi connectivity index (χ3n) is 2.42. The molecule has 1 fully saturated rings. The minimum absolute atomic E-state index is 0.167. The third kappa shape index (κ3) is 3.18. The highest BCUT2D eigenvalue weighted by Crippen LogP contribution is 2.12. The lowest BCUT2D eigenvalue weighted by atomic mass is 10.2. The number of ether oxygens (including phenoxy) is 1. The lowest BCUT2D eigenvalue weighted by Crippen LogP contribution is -2.27. The minimum Gasteiger partial charge on any atom is -0.389 e. The Bertz CT molecular complexity index is 311. The molecule has 0 atom stereocenters. The SMILES string of the molecule is CC(=C(C#N)C(N)=S)N1CCCOCC1. The first-order valence-corrected chi connectivity index (χ1v) is 5.31. The van der Waals surface area contributed by atoms with Crippen LogP contribution < -0.4 is 5.73 Å². The van der Waals surface area contributed by atoms with Gasteiger partial charge in [0.1, 0.15) is 16.6 Å². The molecule has 4 nitrogen and oxygen atoms in total. The van der Waals surface area contributed by atoms with Crippen LogP contribution in [0.15, 0.2) is 11.3 Å². The molecule has 2 N–H and O–H groups in total. The molecule has 0 amide bonds. The summed E-state index contributed by atoms with van der Waals surface area (Å²) in [6, 6.07) is 2.05. The molecule has 1 aliphatic rings. The second-order valence-corrected chi connectivity index (χ2v) is 3.83. The van der Waals surface area contributed by atoms with Gasteiger partial charge in [-0.15, -0.1) is 0 Å². The average Bonchev–Trinajstić information content (AvgIpc) is 2.45. The molecular formula is C10H15N3OS. The van der Waals surface area contributed by atoms with Gasteiger partial charge in [-0.25, -0.2) is 0 Å². The van der Waals surface area contributed by atoms with E-state index in [1.165, 1.54) is 0 Å². The van der Waals surface area contributed by atoms with Crippen LogP contribution in [-0.4, -0.2) is 36.2 Å². The minimum atomic E-state index is 0.167. The maximum atomic E-state index is 8.93. The molecule has 0 radical (unpaired) electrons. The van der Waals surface area contributed by atoms with Gasteiger partial charge in [0.25, 0.3) is 0 Å². The molecule has 0 aromatic carbocycles. The quantitative estimate of drug-likeness (QED) is 0.428. The van der Waals surface area contributed by atoms with Crippen LogP contribution in [0.1, 0.15) is 13.3 Å². The summed E-state index contributed by atoms with van der Waals surface area (Å²) in [5, 5.41) is 8.93. The van der Waals surface area contributed by atoms with Crippen molar-refractivity contribution in [3.8, 4) is 6.07 Å². The van der Waals surface area contributed by atoms with E-state index in [0.29, 0.717) is 12.2 Å². The first kappa shape index (κ1) is 12.0. The van der Waals surface area contributed by atoms with Crippen LogP contribution in [0.4, 0.5) is 0 Å². The zero-order valence-electron chi connectivity index (χ0n) is 8.82. The second-order valence-electron chi connectivity index (χ2n) is 3.39. The lowest BCUT2D eigenvalue weighted by molar-refractivity contribution is 0.145. The molecule has 1 heterocycles. The Morgan fingerprint density at radius 2 is 2.20 bits per heavy atom. The van der Waals surface area contributed by atoms with Gasteiger partial charge in [-0.3, -0.25) is 0 Å². The van der Waals surface area contributed by atoms with Gasteiger partial charge in [-0.2, -0.15) is 5.26 Å². The Kier molecular flexibility index (Phi) is 4.53. The van der Waals surface area contributed by atoms with Crippen LogP contribution in [0.5, 0.6) is 0 Å². The lowest BCUT2D eigenvalue weighted by Gasteiger charge is -2.23. The molecule has 0 unspecified atom stereocenters. The van der Waals surface area contributed by atoms with Crippen molar-refractivity contribution < 1.29 is 4.74 Å². The number of nitrogens with zero attached hydrogens (tertiary/aromatic N) is 2. The fraction of sp³-hybridized carbons (Fsp3) is 0.600. The molecule has 0 spiro atoms. The highest BCUT2D eigenvalue weighted by Gasteiger charge is 2.14. The van der Waals surface area contributed by atoms with Crippen molar-refractivity contribution in [2.45, 2.75) is 13.3 Å². The van der Waals surface area contributed by atoms with Gasteiger partial charge in [0.2, 0.25) is 0 Å². The number of thiocarbonyl (C=S) groups is 1. The number of nitrogens with two attached hydrogens (primary N) is 1. The first-order chi connectivity index (χ1) is 7.16. The van der Waals surface area contributed by atoms with Crippen LogP contribution in [-0.2, 0) is 4.74 Å². The van der Waals surface area contributed by atoms with Crippen molar-refractivity contribution in [1.29, 1.82) is 5.26 Å². The molecule has 1 saturated heterocycles. The largest absolute Gasteiger partial charge is 0.389 e. The highest BCUT2D eigenvalue weighted by atomic mass is 32.1. The van der Waals surface area contributed by atoms with E-state index in [1.807, 2.05) is 13.0 Å². The topological polar surface area (TPSA) is 62.3 Å². The molecule has 1 aliphatic heterocycles. The Labute approximate surface area is 95.3 Å². The van der Waals surface area contributed by atoms with Gasteiger partial charge in [0.05, 0.1) is 6.61 Å². The predicted molar refractivity (Wildman–Crippen MR) is 62.1 cm³/mol. The van der Waals surface area contributed by atoms with Gasteiger partial charge in [-0.1, -0.05) is 12.2 Å². The molecule has 0 aromatic rings. The van der Waals surface area contributed by atoms with Crippen molar-refractivity contribution >= 4 is 17.2 Å². The van der Waals surface area contributed by atoms with Gasteiger partial charge in [0, 0.05) is 25.4 Å². The number of nitriles is 1. The van der Waals surface area contributed by atoms with E-state index < -0.39 is 0 Å². The normalized spacial score (nSPS) is 18.8. The summed E-state index contributed by atoms with van der Waals surface area (Å²) in [4.78, 5) is 2.27. The molecule has 0 bridgehead atoms. The first-order valence-electron chi connectivity index (χ1n) is 4.90. The average molecular weight is 225 g/mol. The molecule has 82 valence electrons. The summed E-state index contributed by atoms with van der Waals surface area (Å²) in [5.74, 6) is 0. The number of hydrogen-bond acceptors (Lipinski definition) is 4. The van der Waals surface area contributed by atoms with E-state index in [0.717, 1.165) is 31.8 Å². The van der Waals surface area contributed by atoms with E-state index in [2.05, 4.69) is 4.90 Å². The Hall–Kier alpha value is -1.12. The molecule has 1 rings (SSSR count). The van der Waals surface area contributed by atoms with Crippen LogP contribution in [0.3, 0.4) is 0 Å². The molecule has 0 saturated carbocycles. The standard InChI is InChI=1S/C10H15N3OS/c1-8(9(7-11)10(12)15)13-3-2-5-14-6-4-13/h2-6H2,1H3,(H2,12,15). The fourth-order valence-electron chi connectivity index (χ4n) is 1.55. The summed E-state index contributed by atoms with van der Waals surface area (Å²) in [6.07, 6.45) is 0.966. The van der Waals surface area contributed by atoms with Crippen LogP contribution in [0.25, 0.3) is 0 Å². The van der Waals surface area contributed by atoms with Crippen molar-refractivity contribution in [3.05, 3.63) is 11.3 Å². The third-order valence-corrected chi connectivity index (χ3v) is 2.62. The summed E-state index contributed by atoms with van der Waals surface area (Å²) in [7, 11) is 0. The van der Waals surface area contributed by atoms with Crippen molar-refractivity contribution in [2.75, 3.05) is 26.3 Å². The Morgan fingerprint density at radius 1 is 1.47 bits per heavy atom. The van der Waals surface area contributed by atoms with Crippen molar-refractivity contribution in [1.82, 2.24) is 4.90 Å². The molecule has 0 aliphatic carbocycles. The smallest absolute Gasteiger partial charge is 0.116 e. The highest BCUT2D eigenvalue weighted by molar-refractivity contribution is 7.80. The molecule has 5 heteroatoms. The molecule has 0 aromatic heterocycles. The van der Waals surface area contributed by atoms with Crippen molar-refractivity contribution in [2.24, 2.45) is 5.73 Å². The van der Waals surface area contributed by atoms with E-state index >= 15 is 0 Å². The van der Waals surface area contributed by atoms with Crippen LogP contribution in [0, 0.1) is 11.3 Å². The van der Waals surface area contributed by atoms with Gasteiger partial charge >= 0.3 is 0 Å². The fourth-order valence-corrected chi connectivity index (χ4v) is 1.75.